The molecule has 7 heteroatoms. The number of halogens is 1. The average Bonchev–Trinajstić information content (AvgIpc) is 2.54. The van der Waals surface area contributed by atoms with E-state index in [0.717, 1.165) is 11.1 Å². The Hall–Kier alpha value is -2.33. The molecule has 24 heavy (non-hydrogen) atoms. The van der Waals surface area contributed by atoms with E-state index in [1.54, 1.807) is 6.07 Å². The molecular weight excluding hydrogens is 328 g/mol. The van der Waals surface area contributed by atoms with Crippen molar-refractivity contribution >= 4 is 23.8 Å². The summed E-state index contributed by atoms with van der Waals surface area (Å²) in [5.74, 6) is 0.273. The molecule has 0 saturated carbocycles. The van der Waals surface area contributed by atoms with Crippen molar-refractivity contribution in [1.82, 2.24) is 0 Å². The molecule has 1 aromatic carbocycles. The highest BCUT2D eigenvalue weighted by molar-refractivity contribution is 6.08. The van der Waals surface area contributed by atoms with Crippen LogP contribution in [0.5, 0.6) is 0 Å². The van der Waals surface area contributed by atoms with Crippen LogP contribution in [0.15, 0.2) is 52.4 Å². The fraction of sp³-hybridized carbons (Fsp3) is 0.294. The van der Waals surface area contributed by atoms with Gasteiger partial charge in [-0.25, -0.2) is 5.01 Å². The first kappa shape index (κ1) is 18.0. The molecule has 2 aliphatic heterocycles. The number of hydrogen-bond acceptors (Lipinski definition) is 6. The van der Waals surface area contributed by atoms with Gasteiger partial charge in [-0.3, -0.25) is 0 Å². The van der Waals surface area contributed by atoms with E-state index >= 15 is 0 Å². The number of aliphatic hydroxyl groups is 1. The summed E-state index contributed by atoms with van der Waals surface area (Å²) in [6.07, 6.45) is 1.88. The first-order valence-corrected chi connectivity index (χ1v) is 7.30. The number of allylic oxidation sites excluding steroid dienone is 1. The maximum Gasteiger partial charge on any atom is 0.144 e. The van der Waals surface area contributed by atoms with Crippen molar-refractivity contribution in [3.63, 3.8) is 0 Å². The molecule has 0 aromatic heterocycles. The minimum atomic E-state index is -0.463. The molecule has 126 valence electrons. The van der Waals surface area contributed by atoms with Crippen molar-refractivity contribution in [1.29, 1.82) is 5.26 Å². The highest BCUT2D eigenvalue weighted by atomic mass is 35.5. The van der Waals surface area contributed by atoms with Gasteiger partial charge in [0.15, 0.2) is 0 Å². The molecule has 0 spiro atoms. The maximum atomic E-state index is 9.54. The van der Waals surface area contributed by atoms with Crippen molar-refractivity contribution in [3.8, 4) is 6.07 Å². The standard InChI is InChI=1S/C17H18N4O2.ClH/c1-17(2)7-13-14(8-18)16(19)21(20-15(13)10-23-17)12-5-3-4-11(6-12)9-22;/h3-7,22H,9-10,19H2,1-2H3;1H. The summed E-state index contributed by atoms with van der Waals surface area (Å²) in [7, 11) is 0. The van der Waals surface area contributed by atoms with Crippen LogP contribution in [0.4, 0.5) is 5.69 Å². The zero-order chi connectivity index (χ0) is 16.6. The molecule has 6 nitrogen and oxygen atoms in total. The van der Waals surface area contributed by atoms with E-state index in [1.807, 2.05) is 38.1 Å². The van der Waals surface area contributed by atoms with Gasteiger partial charge >= 0.3 is 0 Å². The number of hydrogen-bond donors (Lipinski definition) is 2. The second-order valence-electron chi connectivity index (χ2n) is 6.01. The van der Waals surface area contributed by atoms with E-state index in [4.69, 9.17) is 10.5 Å². The minimum absolute atomic E-state index is 0. The van der Waals surface area contributed by atoms with Gasteiger partial charge in [0.1, 0.15) is 17.5 Å². The Balaban J connectivity index is 0.00000208. The number of aliphatic hydroxyl groups excluding tert-OH is 1. The van der Waals surface area contributed by atoms with Gasteiger partial charge in [0, 0.05) is 5.57 Å². The van der Waals surface area contributed by atoms with Crippen LogP contribution in [0.25, 0.3) is 0 Å². The molecule has 0 radical (unpaired) electrons. The van der Waals surface area contributed by atoms with Gasteiger partial charge in [0.2, 0.25) is 0 Å². The molecule has 0 unspecified atom stereocenters. The Morgan fingerprint density at radius 3 is 2.88 bits per heavy atom. The smallest absolute Gasteiger partial charge is 0.144 e. The average molecular weight is 347 g/mol. The van der Waals surface area contributed by atoms with Crippen LogP contribution in [0.2, 0.25) is 0 Å². The van der Waals surface area contributed by atoms with E-state index in [0.29, 0.717) is 23.6 Å². The number of benzene rings is 1. The van der Waals surface area contributed by atoms with Gasteiger partial charge in [-0.05, 0) is 37.6 Å². The molecule has 0 bridgehead atoms. The third kappa shape index (κ3) is 3.15. The number of rotatable bonds is 2. The van der Waals surface area contributed by atoms with Crippen LogP contribution >= 0.6 is 12.4 Å². The summed E-state index contributed by atoms with van der Waals surface area (Å²) in [5, 5.41) is 24.9. The summed E-state index contributed by atoms with van der Waals surface area (Å²) < 4.78 is 5.75. The minimum Gasteiger partial charge on any atom is -0.392 e. The van der Waals surface area contributed by atoms with Gasteiger partial charge in [-0.1, -0.05) is 12.1 Å². The second kappa shape index (κ2) is 6.65. The lowest BCUT2D eigenvalue weighted by Crippen LogP contribution is -2.39. The van der Waals surface area contributed by atoms with Gasteiger partial charge in [0.05, 0.1) is 30.2 Å². The Bertz CT molecular complexity index is 790. The predicted octanol–water partition coefficient (Wildman–Crippen LogP) is 2.21. The van der Waals surface area contributed by atoms with Crippen LogP contribution in [0, 0.1) is 11.3 Å². The number of ether oxygens (including phenoxy) is 1. The fourth-order valence-electron chi connectivity index (χ4n) is 2.62. The molecule has 0 atom stereocenters. The second-order valence-corrected chi connectivity index (χ2v) is 6.01. The lowest BCUT2D eigenvalue weighted by atomic mass is 9.92. The zero-order valence-corrected chi connectivity index (χ0v) is 14.3. The number of anilines is 1. The fourth-order valence-corrected chi connectivity index (χ4v) is 2.62. The Morgan fingerprint density at radius 1 is 1.46 bits per heavy atom. The summed E-state index contributed by atoms with van der Waals surface area (Å²) in [4.78, 5) is 0. The van der Waals surface area contributed by atoms with Crippen LogP contribution in [0.1, 0.15) is 19.4 Å². The third-order valence-corrected chi connectivity index (χ3v) is 3.81. The van der Waals surface area contributed by atoms with E-state index in [9.17, 15) is 10.4 Å². The highest BCUT2D eigenvalue weighted by Gasteiger charge is 2.33. The SMILES string of the molecule is CC1(C)C=C2C(=NN(c3cccc(CO)c3)C(N)=C2C#N)CO1.Cl. The van der Waals surface area contributed by atoms with Gasteiger partial charge < -0.3 is 15.6 Å². The molecule has 1 aromatic rings. The van der Waals surface area contributed by atoms with Crippen LogP contribution in [-0.4, -0.2) is 23.0 Å². The van der Waals surface area contributed by atoms with E-state index < -0.39 is 5.60 Å². The summed E-state index contributed by atoms with van der Waals surface area (Å²) in [6, 6.07) is 9.41. The topological polar surface area (TPSA) is 94.9 Å². The van der Waals surface area contributed by atoms with Crippen molar-refractivity contribution < 1.29 is 9.84 Å². The van der Waals surface area contributed by atoms with Gasteiger partial charge in [-0.15, -0.1) is 12.4 Å². The number of nitrogens with zero attached hydrogens (tertiary/aromatic N) is 3. The molecule has 3 N–H and O–H groups in total. The van der Waals surface area contributed by atoms with Crippen molar-refractivity contribution in [3.05, 3.63) is 52.9 Å². The first-order chi connectivity index (χ1) is 10.9. The first-order valence-electron chi connectivity index (χ1n) is 7.30. The van der Waals surface area contributed by atoms with Gasteiger partial charge in [0.25, 0.3) is 0 Å². The zero-order valence-electron chi connectivity index (χ0n) is 13.5. The van der Waals surface area contributed by atoms with Crippen molar-refractivity contribution in [2.45, 2.75) is 26.1 Å². The monoisotopic (exact) mass is 346 g/mol. The van der Waals surface area contributed by atoms with Crippen molar-refractivity contribution in [2.75, 3.05) is 11.6 Å². The summed E-state index contributed by atoms with van der Waals surface area (Å²) >= 11 is 0. The van der Waals surface area contributed by atoms with E-state index in [2.05, 4.69) is 11.2 Å². The van der Waals surface area contributed by atoms with Crippen LogP contribution in [-0.2, 0) is 11.3 Å². The van der Waals surface area contributed by atoms with Crippen LogP contribution < -0.4 is 10.7 Å². The molecular formula is C17H19ClN4O2. The summed E-state index contributed by atoms with van der Waals surface area (Å²) in [6.45, 7) is 4.10. The van der Waals surface area contributed by atoms with Crippen molar-refractivity contribution in [2.24, 2.45) is 10.8 Å². The normalized spacial score (nSPS) is 18.8. The highest BCUT2D eigenvalue weighted by Crippen LogP contribution is 2.32. The maximum absolute atomic E-state index is 9.54. The lowest BCUT2D eigenvalue weighted by Gasteiger charge is -2.34. The Kier molecular flexibility index (Phi) is 4.99. The number of nitrogens with two attached hydrogens (primary N) is 1. The molecule has 0 aliphatic carbocycles. The molecule has 2 aliphatic rings. The predicted molar refractivity (Wildman–Crippen MR) is 94.5 cm³/mol. The Morgan fingerprint density at radius 2 is 2.21 bits per heavy atom. The summed E-state index contributed by atoms with van der Waals surface area (Å²) in [5.41, 5.74) is 8.95. The van der Waals surface area contributed by atoms with E-state index in [1.165, 1.54) is 5.01 Å². The lowest BCUT2D eigenvalue weighted by molar-refractivity contribution is 0.0409. The molecule has 2 heterocycles. The molecule has 0 amide bonds. The largest absolute Gasteiger partial charge is 0.392 e. The third-order valence-electron chi connectivity index (χ3n) is 3.81. The molecule has 3 rings (SSSR count). The number of hydrazone groups is 1. The Labute approximate surface area is 146 Å². The quantitative estimate of drug-likeness (QED) is 0.856. The van der Waals surface area contributed by atoms with E-state index in [-0.39, 0.29) is 24.8 Å². The van der Waals surface area contributed by atoms with Crippen LogP contribution in [0.3, 0.4) is 0 Å². The number of fused-ring (bicyclic) bond motifs is 1. The van der Waals surface area contributed by atoms with Gasteiger partial charge in [-0.2, -0.15) is 10.4 Å². The number of nitriles is 1. The molecule has 0 saturated heterocycles. The molecule has 0 fully saturated rings.